The van der Waals surface area contributed by atoms with Crippen LogP contribution in [0.5, 0.6) is 0 Å². The highest BCUT2D eigenvalue weighted by molar-refractivity contribution is 5.99. The van der Waals surface area contributed by atoms with Crippen LogP contribution in [0.2, 0.25) is 0 Å². The zero-order valence-electron chi connectivity index (χ0n) is 11.9. The average molecular weight is 276 g/mol. The molecule has 1 atom stereocenters. The van der Waals surface area contributed by atoms with Crippen molar-refractivity contribution in [3.8, 4) is 0 Å². The number of benzene rings is 1. The smallest absolute Gasteiger partial charge is 0.163 e. The van der Waals surface area contributed by atoms with Crippen LogP contribution in [0.4, 0.5) is 4.39 Å². The molecule has 1 saturated carbocycles. The summed E-state index contributed by atoms with van der Waals surface area (Å²) >= 11 is 0. The van der Waals surface area contributed by atoms with Crippen LogP contribution in [0.3, 0.4) is 0 Å². The second-order valence-corrected chi connectivity index (χ2v) is 5.77. The quantitative estimate of drug-likeness (QED) is 0.756. The zero-order valence-corrected chi connectivity index (χ0v) is 11.9. The zero-order chi connectivity index (χ0) is 14.5. The first-order chi connectivity index (χ1) is 9.58. The van der Waals surface area contributed by atoms with Crippen molar-refractivity contribution in [1.82, 2.24) is 0 Å². The Labute approximate surface area is 119 Å². The summed E-state index contributed by atoms with van der Waals surface area (Å²) in [5.41, 5.74) is 0.481. The Morgan fingerprint density at radius 2 is 1.75 bits per heavy atom. The fourth-order valence-electron chi connectivity index (χ4n) is 2.92. The van der Waals surface area contributed by atoms with Gasteiger partial charge in [-0.1, -0.05) is 26.2 Å². The van der Waals surface area contributed by atoms with Crippen LogP contribution < -0.4 is 0 Å². The van der Waals surface area contributed by atoms with Gasteiger partial charge in [0, 0.05) is 23.8 Å². The number of rotatable bonds is 5. The van der Waals surface area contributed by atoms with Crippen molar-refractivity contribution < 1.29 is 14.0 Å². The van der Waals surface area contributed by atoms with Gasteiger partial charge >= 0.3 is 0 Å². The summed E-state index contributed by atoms with van der Waals surface area (Å²) < 4.78 is 12.8. The summed E-state index contributed by atoms with van der Waals surface area (Å²) in [7, 11) is 0. The van der Waals surface area contributed by atoms with E-state index in [0.29, 0.717) is 5.56 Å². The summed E-state index contributed by atoms with van der Waals surface area (Å²) in [5, 5.41) is 0. The van der Waals surface area contributed by atoms with Crippen molar-refractivity contribution in [2.75, 3.05) is 0 Å². The molecule has 2 rings (SSSR count). The fraction of sp³-hybridized carbons (Fsp3) is 0.529. The third kappa shape index (κ3) is 3.75. The molecule has 1 aliphatic rings. The van der Waals surface area contributed by atoms with Crippen molar-refractivity contribution in [2.24, 2.45) is 11.8 Å². The third-order valence-electron chi connectivity index (χ3n) is 4.15. The summed E-state index contributed by atoms with van der Waals surface area (Å²) in [6, 6.07) is 5.52. The van der Waals surface area contributed by atoms with E-state index in [2.05, 4.69) is 0 Å². The number of carbonyl (C=O) groups is 2. The maximum absolute atomic E-state index is 12.8. The molecular weight excluding hydrogens is 255 g/mol. The van der Waals surface area contributed by atoms with Crippen LogP contribution in [0.15, 0.2) is 24.3 Å². The largest absolute Gasteiger partial charge is 0.299 e. The molecule has 1 aromatic rings. The van der Waals surface area contributed by atoms with E-state index in [1.54, 1.807) is 0 Å². The SMILES string of the molecule is CC(CC(=O)c1ccc(F)cc1)C(=O)C1CCCCC1. The highest BCUT2D eigenvalue weighted by Crippen LogP contribution is 2.28. The van der Waals surface area contributed by atoms with Gasteiger partial charge in [-0.15, -0.1) is 0 Å². The molecule has 0 radical (unpaired) electrons. The van der Waals surface area contributed by atoms with E-state index in [9.17, 15) is 14.0 Å². The van der Waals surface area contributed by atoms with Crippen LogP contribution in [-0.4, -0.2) is 11.6 Å². The molecule has 0 N–H and O–H groups in total. The Bertz CT molecular complexity index is 472. The number of carbonyl (C=O) groups excluding carboxylic acids is 2. The fourth-order valence-corrected chi connectivity index (χ4v) is 2.92. The van der Waals surface area contributed by atoms with Gasteiger partial charge in [-0.2, -0.15) is 0 Å². The van der Waals surface area contributed by atoms with Gasteiger partial charge in [0.1, 0.15) is 11.6 Å². The maximum atomic E-state index is 12.8. The Hall–Kier alpha value is -1.51. The number of halogens is 1. The molecule has 0 spiro atoms. The van der Waals surface area contributed by atoms with Crippen molar-refractivity contribution in [2.45, 2.75) is 45.4 Å². The average Bonchev–Trinajstić information content (AvgIpc) is 2.48. The van der Waals surface area contributed by atoms with E-state index in [0.717, 1.165) is 25.7 Å². The summed E-state index contributed by atoms with van der Waals surface area (Å²) in [5.74, 6) is -0.315. The molecule has 20 heavy (non-hydrogen) atoms. The topological polar surface area (TPSA) is 34.1 Å². The lowest BCUT2D eigenvalue weighted by atomic mass is 9.80. The lowest BCUT2D eigenvalue weighted by molar-refractivity contribution is -0.127. The molecule has 0 bridgehead atoms. The molecule has 0 aliphatic heterocycles. The van der Waals surface area contributed by atoms with Crippen molar-refractivity contribution >= 4 is 11.6 Å². The third-order valence-corrected chi connectivity index (χ3v) is 4.15. The molecule has 2 nitrogen and oxygen atoms in total. The van der Waals surface area contributed by atoms with Crippen LogP contribution in [0, 0.1) is 17.7 Å². The van der Waals surface area contributed by atoms with E-state index in [1.807, 2.05) is 6.92 Å². The minimum atomic E-state index is -0.354. The van der Waals surface area contributed by atoms with E-state index in [4.69, 9.17) is 0 Å². The van der Waals surface area contributed by atoms with Gasteiger partial charge in [-0.05, 0) is 37.1 Å². The van der Waals surface area contributed by atoms with E-state index in [-0.39, 0.29) is 35.6 Å². The lowest BCUT2D eigenvalue weighted by Crippen LogP contribution is -2.25. The summed E-state index contributed by atoms with van der Waals surface area (Å²) in [4.78, 5) is 24.4. The summed E-state index contributed by atoms with van der Waals surface area (Å²) in [6.45, 7) is 1.83. The minimum Gasteiger partial charge on any atom is -0.299 e. The monoisotopic (exact) mass is 276 g/mol. The predicted octanol–water partition coefficient (Wildman–Crippen LogP) is 4.18. The van der Waals surface area contributed by atoms with E-state index in [1.165, 1.54) is 30.7 Å². The molecule has 1 aliphatic carbocycles. The van der Waals surface area contributed by atoms with Gasteiger partial charge in [0.25, 0.3) is 0 Å². The Balaban J connectivity index is 1.92. The van der Waals surface area contributed by atoms with Gasteiger partial charge in [0.05, 0.1) is 0 Å². The number of hydrogen-bond donors (Lipinski definition) is 0. The van der Waals surface area contributed by atoms with Crippen LogP contribution >= 0.6 is 0 Å². The highest BCUT2D eigenvalue weighted by Gasteiger charge is 2.26. The van der Waals surface area contributed by atoms with E-state index < -0.39 is 0 Å². The Kier molecular flexibility index (Phi) is 5.05. The molecule has 0 amide bonds. The number of ketones is 2. The van der Waals surface area contributed by atoms with Crippen molar-refractivity contribution in [3.63, 3.8) is 0 Å². The molecule has 0 heterocycles. The maximum Gasteiger partial charge on any atom is 0.163 e. The van der Waals surface area contributed by atoms with Gasteiger partial charge < -0.3 is 0 Å². The first-order valence-electron chi connectivity index (χ1n) is 7.40. The second kappa shape index (κ2) is 6.78. The highest BCUT2D eigenvalue weighted by atomic mass is 19.1. The Morgan fingerprint density at radius 1 is 1.15 bits per heavy atom. The van der Waals surface area contributed by atoms with Gasteiger partial charge in [-0.3, -0.25) is 9.59 Å². The molecule has 1 unspecified atom stereocenters. The molecule has 108 valence electrons. The summed E-state index contributed by atoms with van der Waals surface area (Å²) in [6.07, 6.45) is 5.61. The van der Waals surface area contributed by atoms with Gasteiger partial charge in [0.2, 0.25) is 0 Å². The van der Waals surface area contributed by atoms with Gasteiger partial charge in [0.15, 0.2) is 5.78 Å². The second-order valence-electron chi connectivity index (χ2n) is 5.77. The predicted molar refractivity (Wildman–Crippen MR) is 76.1 cm³/mol. The van der Waals surface area contributed by atoms with E-state index >= 15 is 0 Å². The standard InChI is InChI=1S/C17H21FO2/c1-12(17(20)14-5-3-2-4-6-14)11-16(19)13-7-9-15(18)10-8-13/h7-10,12,14H,2-6,11H2,1H3. The molecule has 0 saturated heterocycles. The minimum absolute atomic E-state index is 0.0818. The number of Topliss-reactive ketones (excluding diaryl/α,β-unsaturated/α-hetero) is 2. The lowest BCUT2D eigenvalue weighted by Gasteiger charge is -2.23. The van der Waals surface area contributed by atoms with Crippen LogP contribution in [-0.2, 0) is 4.79 Å². The normalized spacial score (nSPS) is 17.7. The first-order valence-corrected chi connectivity index (χ1v) is 7.40. The molecule has 1 fully saturated rings. The molecule has 1 aromatic carbocycles. The van der Waals surface area contributed by atoms with Crippen molar-refractivity contribution in [3.05, 3.63) is 35.6 Å². The molecule has 3 heteroatoms. The van der Waals surface area contributed by atoms with Crippen LogP contribution in [0.25, 0.3) is 0 Å². The molecular formula is C17H21FO2. The van der Waals surface area contributed by atoms with Crippen LogP contribution in [0.1, 0.15) is 55.8 Å². The Morgan fingerprint density at radius 3 is 2.35 bits per heavy atom. The van der Waals surface area contributed by atoms with Crippen molar-refractivity contribution in [1.29, 1.82) is 0 Å². The van der Waals surface area contributed by atoms with Gasteiger partial charge in [-0.25, -0.2) is 4.39 Å². The molecule has 0 aromatic heterocycles. The first kappa shape index (κ1) is 14.9. The number of hydrogen-bond acceptors (Lipinski definition) is 2.